The molecule has 2 amide bonds. The van der Waals surface area contributed by atoms with Crippen molar-refractivity contribution in [2.75, 3.05) is 33.7 Å². The molecule has 120 valence electrons. The molecule has 1 heterocycles. The van der Waals surface area contributed by atoms with Crippen LogP contribution in [0.5, 0.6) is 0 Å². The van der Waals surface area contributed by atoms with E-state index in [2.05, 4.69) is 34.4 Å². The number of amides is 2. The molecule has 0 radical (unpaired) electrons. The van der Waals surface area contributed by atoms with Gasteiger partial charge in [0.25, 0.3) is 11.8 Å². The first-order chi connectivity index (χ1) is 9.58. The van der Waals surface area contributed by atoms with E-state index in [1.54, 1.807) is 10.9 Å². The van der Waals surface area contributed by atoms with Crippen molar-refractivity contribution in [1.29, 1.82) is 0 Å². The van der Waals surface area contributed by atoms with Gasteiger partial charge in [-0.25, -0.2) is 4.98 Å². The number of nitrogens with zero attached hydrogens (tertiary/aromatic N) is 3. The van der Waals surface area contributed by atoms with Crippen molar-refractivity contribution in [1.82, 2.24) is 25.1 Å². The highest BCUT2D eigenvalue weighted by molar-refractivity contribution is 6.04. The Bertz CT molecular complexity index is 471. The summed E-state index contributed by atoms with van der Waals surface area (Å²) in [6, 6.07) is 0. The first-order valence-electron chi connectivity index (χ1n) is 6.80. The number of likely N-dealkylation sites (N-methyl/N-ethyl adjacent to an activating group) is 1. The predicted octanol–water partition coefficient (Wildman–Crippen LogP) is 0.366. The lowest BCUT2D eigenvalue weighted by Gasteiger charge is -2.18. The fraction of sp³-hybridized carbons (Fsp3) is 0.615. The molecule has 1 aromatic rings. The lowest BCUT2D eigenvalue weighted by atomic mass is 10.2. The Hall–Kier alpha value is -1.60. The summed E-state index contributed by atoms with van der Waals surface area (Å²) in [5.41, 5.74) is 0.463. The van der Waals surface area contributed by atoms with Crippen LogP contribution < -0.4 is 10.6 Å². The quantitative estimate of drug-likeness (QED) is 0.761. The molecule has 0 atom stereocenters. The van der Waals surface area contributed by atoms with Gasteiger partial charge in [-0.3, -0.25) is 9.59 Å². The van der Waals surface area contributed by atoms with Gasteiger partial charge in [0, 0.05) is 27.2 Å². The molecular formula is C13H24ClN5O2. The summed E-state index contributed by atoms with van der Waals surface area (Å²) in [5, 5.41) is 5.05. The normalized spacial score (nSPS) is 10.1. The molecule has 0 bridgehead atoms. The maximum absolute atomic E-state index is 12.0. The van der Waals surface area contributed by atoms with Crippen molar-refractivity contribution >= 4 is 24.2 Å². The molecule has 1 rings (SSSR count). The van der Waals surface area contributed by atoms with Gasteiger partial charge in [-0.1, -0.05) is 13.8 Å². The average Bonchev–Trinajstić information content (AvgIpc) is 2.90. The van der Waals surface area contributed by atoms with Crippen LogP contribution in [0.25, 0.3) is 0 Å². The van der Waals surface area contributed by atoms with Crippen LogP contribution in [0.3, 0.4) is 0 Å². The van der Waals surface area contributed by atoms with Crippen molar-refractivity contribution in [2.45, 2.75) is 20.4 Å². The molecule has 0 saturated carbocycles. The summed E-state index contributed by atoms with van der Waals surface area (Å²) in [6.07, 6.45) is 1.54. The molecule has 0 aliphatic heterocycles. The third kappa shape index (κ3) is 4.71. The van der Waals surface area contributed by atoms with Gasteiger partial charge in [-0.05, 0) is 13.1 Å². The van der Waals surface area contributed by atoms with Crippen LogP contribution >= 0.6 is 12.4 Å². The van der Waals surface area contributed by atoms with Crippen molar-refractivity contribution in [2.24, 2.45) is 0 Å². The molecule has 8 heteroatoms. The molecule has 21 heavy (non-hydrogen) atoms. The van der Waals surface area contributed by atoms with Gasteiger partial charge in [0.2, 0.25) is 0 Å². The maximum atomic E-state index is 12.0. The number of carbonyl (C=O) groups is 2. The number of hydrogen-bond donors (Lipinski definition) is 2. The van der Waals surface area contributed by atoms with E-state index in [1.807, 2.05) is 0 Å². The van der Waals surface area contributed by atoms with E-state index >= 15 is 0 Å². The van der Waals surface area contributed by atoms with E-state index in [9.17, 15) is 9.59 Å². The van der Waals surface area contributed by atoms with Crippen LogP contribution in [-0.4, -0.2) is 60.0 Å². The number of imidazole rings is 1. The first-order valence-corrected chi connectivity index (χ1v) is 6.80. The first kappa shape index (κ1) is 19.4. The van der Waals surface area contributed by atoms with Gasteiger partial charge >= 0.3 is 0 Å². The number of halogens is 1. The highest BCUT2D eigenvalue weighted by atomic mass is 35.5. The third-order valence-corrected chi connectivity index (χ3v) is 3.27. The Morgan fingerprint density at radius 2 is 1.76 bits per heavy atom. The number of aromatic nitrogens is 2. The summed E-state index contributed by atoms with van der Waals surface area (Å²) in [4.78, 5) is 30.0. The zero-order chi connectivity index (χ0) is 15.1. The van der Waals surface area contributed by atoms with Crippen LogP contribution in [-0.2, 0) is 6.54 Å². The third-order valence-electron chi connectivity index (χ3n) is 3.27. The topological polar surface area (TPSA) is 79.3 Å². The van der Waals surface area contributed by atoms with Crippen molar-refractivity contribution in [3.05, 3.63) is 17.7 Å². The Kier molecular flexibility index (Phi) is 8.64. The second kappa shape index (κ2) is 9.36. The van der Waals surface area contributed by atoms with E-state index in [0.29, 0.717) is 12.2 Å². The van der Waals surface area contributed by atoms with Crippen molar-refractivity contribution in [3.63, 3.8) is 0 Å². The molecule has 0 fully saturated rings. The van der Waals surface area contributed by atoms with Crippen molar-refractivity contribution < 1.29 is 9.59 Å². The molecule has 0 aliphatic carbocycles. The van der Waals surface area contributed by atoms with Crippen LogP contribution in [0.2, 0.25) is 0 Å². The highest BCUT2D eigenvalue weighted by Crippen LogP contribution is 2.08. The van der Waals surface area contributed by atoms with Crippen LogP contribution in [0, 0.1) is 0 Å². The average molecular weight is 318 g/mol. The Labute approximate surface area is 131 Å². The fourth-order valence-electron chi connectivity index (χ4n) is 1.98. The predicted molar refractivity (Wildman–Crippen MR) is 84.0 cm³/mol. The molecule has 2 N–H and O–H groups in total. The maximum Gasteiger partial charge on any atom is 0.272 e. The SMILES string of the molecule is CCN(CC)CCn1cnc(C(=O)NC)c1C(=O)NC.Cl. The number of rotatable bonds is 7. The molecule has 0 aromatic carbocycles. The van der Waals surface area contributed by atoms with Gasteiger partial charge in [0.15, 0.2) is 5.69 Å². The van der Waals surface area contributed by atoms with E-state index in [0.717, 1.165) is 19.6 Å². The number of carbonyl (C=O) groups excluding carboxylic acids is 2. The van der Waals surface area contributed by atoms with Gasteiger partial charge in [0.1, 0.15) is 5.69 Å². The summed E-state index contributed by atoms with van der Waals surface area (Å²) in [5.74, 6) is -0.661. The van der Waals surface area contributed by atoms with Crippen molar-refractivity contribution in [3.8, 4) is 0 Å². The molecule has 1 aromatic heterocycles. The zero-order valence-electron chi connectivity index (χ0n) is 13.0. The van der Waals surface area contributed by atoms with Crippen LogP contribution in [0.15, 0.2) is 6.33 Å². The Balaban J connectivity index is 0.00000400. The lowest BCUT2D eigenvalue weighted by molar-refractivity contribution is 0.0920. The van der Waals surface area contributed by atoms with Crippen LogP contribution in [0.1, 0.15) is 34.8 Å². The molecular weight excluding hydrogens is 294 g/mol. The van der Waals surface area contributed by atoms with E-state index in [1.165, 1.54) is 14.1 Å². The van der Waals surface area contributed by atoms with E-state index in [-0.39, 0.29) is 29.9 Å². The second-order valence-corrected chi connectivity index (χ2v) is 4.32. The number of hydrogen-bond acceptors (Lipinski definition) is 4. The summed E-state index contributed by atoms with van der Waals surface area (Å²) >= 11 is 0. The largest absolute Gasteiger partial charge is 0.354 e. The molecule has 7 nitrogen and oxygen atoms in total. The minimum atomic E-state index is -0.356. The lowest BCUT2D eigenvalue weighted by Crippen LogP contribution is -2.30. The molecule has 0 unspecified atom stereocenters. The smallest absolute Gasteiger partial charge is 0.272 e. The minimum absolute atomic E-state index is 0. The van der Waals surface area contributed by atoms with Crippen LogP contribution in [0.4, 0.5) is 0 Å². The molecule has 0 spiro atoms. The summed E-state index contributed by atoms with van der Waals surface area (Å²) < 4.78 is 1.72. The Morgan fingerprint density at radius 3 is 2.24 bits per heavy atom. The molecule has 0 aliphatic rings. The zero-order valence-corrected chi connectivity index (χ0v) is 13.8. The van der Waals surface area contributed by atoms with E-state index in [4.69, 9.17) is 0 Å². The number of nitrogens with one attached hydrogen (secondary N) is 2. The molecule has 0 saturated heterocycles. The highest BCUT2D eigenvalue weighted by Gasteiger charge is 2.22. The fourth-order valence-corrected chi connectivity index (χ4v) is 1.98. The minimum Gasteiger partial charge on any atom is -0.354 e. The summed E-state index contributed by atoms with van der Waals surface area (Å²) in [6.45, 7) is 7.50. The van der Waals surface area contributed by atoms with E-state index < -0.39 is 0 Å². The van der Waals surface area contributed by atoms with Gasteiger partial charge < -0.3 is 20.1 Å². The second-order valence-electron chi connectivity index (χ2n) is 4.32. The van der Waals surface area contributed by atoms with Gasteiger partial charge in [-0.2, -0.15) is 0 Å². The van der Waals surface area contributed by atoms with Gasteiger partial charge in [0.05, 0.1) is 6.33 Å². The standard InChI is InChI=1S/C13H23N5O2.ClH/c1-5-17(6-2)7-8-18-9-16-10(12(19)14-3)11(18)13(20)15-4;/h9H,5-8H2,1-4H3,(H,14,19)(H,15,20);1H. The summed E-state index contributed by atoms with van der Waals surface area (Å²) in [7, 11) is 3.06. The Morgan fingerprint density at radius 1 is 1.19 bits per heavy atom. The van der Waals surface area contributed by atoms with Gasteiger partial charge in [-0.15, -0.1) is 12.4 Å². The monoisotopic (exact) mass is 317 g/mol.